The zero-order chi connectivity index (χ0) is 16.7. The van der Waals surface area contributed by atoms with Gasteiger partial charge in [-0.05, 0) is 49.5 Å². The summed E-state index contributed by atoms with van der Waals surface area (Å²) < 4.78 is 0. The smallest absolute Gasteiger partial charge is 0.277 e. The zero-order valence-corrected chi connectivity index (χ0v) is 14.6. The number of nitrogens with zero attached hydrogens (tertiary/aromatic N) is 2. The molecule has 1 heterocycles. The number of hydrogen-bond donors (Lipinski definition) is 2. The SMILES string of the molecule is CC(O)=C(N=O)C(=O)NCC1CCN(Cc2ccccc2)CC1.Cl. The molecule has 1 aromatic carbocycles. The summed E-state index contributed by atoms with van der Waals surface area (Å²) in [6.45, 7) is 4.71. The molecule has 1 amide bonds. The Morgan fingerprint density at radius 2 is 1.92 bits per heavy atom. The van der Waals surface area contributed by atoms with Crippen LogP contribution >= 0.6 is 12.4 Å². The Hall–Kier alpha value is -1.92. The van der Waals surface area contributed by atoms with Gasteiger partial charge in [-0.1, -0.05) is 30.3 Å². The number of benzene rings is 1. The highest BCUT2D eigenvalue weighted by Crippen LogP contribution is 2.18. The molecule has 132 valence electrons. The number of allylic oxidation sites excluding steroid dienone is 1. The minimum Gasteiger partial charge on any atom is -0.510 e. The number of nitroso groups, excluding NO2 is 1. The lowest BCUT2D eigenvalue weighted by Gasteiger charge is -2.32. The molecule has 2 N–H and O–H groups in total. The minimum atomic E-state index is -0.605. The van der Waals surface area contributed by atoms with E-state index in [0.717, 1.165) is 32.5 Å². The van der Waals surface area contributed by atoms with Gasteiger partial charge >= 0.3 is 0 Å². The van der Waals surface area contributed by atoms with Crippen LogP contribution in [0.4, 0.5) is 0 Å². The second kappa shape index (κ2) is 10.1. The van der Waals surface area contributed by atoms with Crippen molar-refractivity contribution in [3.8, 4) is 0 Å². The van der Waals surface area contributed by atoms with E-state index in [1.165, 1.54) is 12.5 Å². The van der Waals surface area contributed by atoms with Gasteiger partial charge in [-0.2, -0.15) is 0 Å². The number of rotatable bonds is 6. The number of carbonyl (C=O) groups is 1. The van der Waals surface area contributed by atoms with Crippen molar-refractivity contribution in [2.45, 2.75) is 26.3 Å². The third kappa shape index (κ3) is 5.94. The van der Waals surface area contributed by atoms with E-state index in [9.17, 15) is 14.8 Å². The molecular weight excluding hydrogens is 330 g/mol. The van der Waals surface area contributed by atoms with Gasteiger partial charge in [0.05, 0.1) is 0 Å². The average Bonchev–Trinajstić information content (AvgIpc) is 2.55. The van der Waals surface area contributed by atoms with Gasteiger partial charge in [0.25, 0.3) is 5.91 Å². The van der Waals surface area contributed by atoms with Crippen LogP contribution in [0, 0.1) is 10.8 Å². The molecule has 7 heteroatoms. The molecule has 1 aliphatic rings. The summed E-state index contributed by atoms with van der Waals surface area (Å²) >= 11 is 0. The van der Waals surface area contributed by atoms with E-state index in [1.54, 1.807) is 0 Å². The predicted octanol–water partition coefficient (Wildman–Crippen LogP) is 2.99. The van der Waals surface area contributed by atoms with E-state index in [1.807, 2.05) is 18.2 Å². The van der Waals surface area contributed by atoms with Crippen molar-refractivity contribution in [3.05, 3.63) is 52.3 Å². The number of carbonyl (C=O) groups excluding carboxylic acids is 1. The number of aliphatic hydroxyl groups is 1. The topological polar surface area (TPSA) is 82.0 Å². The number of likely N-dealkylation sites (tertiary alicyclic amines) is 1. The fourth-order valence-corrected chi connectivity index (χ4v) is 2.78. The summed E-state index contributed by atoms with van der Waals surface area (Å²) in [7, 11) is 0. The van der Waals surface area contributed by atoms with Crippen molar-refractivity contribution in [3.63, 3.8) is 0 Å². The Labute approximate surface area is 148 Å². The first-order valence-corrected chi connectivity index (χ1v) is 7.88. The van der Waals surface area contributed by atoms with Crippen LogP contribution in [0.25, 0.3) is 0 Å². The summed E-state index contributed by atoms with van der Waals surface area (Å²) in [5, 5.41) is 14.5. The lowest BCUT2D eigenvalue weighted by Crippen LogP contribution is -2.38. The summed E-state index contributed by atoms with van der Waals surface area (Å²) in [6, 6.07) is 10.4. The van der Waals surface area contributed by atoms with Crippen LogP contribution in [0.2, 0.25) is 0 Å². The molecule has 0 atom stereocenters. The fourth-order valence-electron chi connectivity index (χ4n) is 2.78. The maximum atomic E-state index is 11.7. The Kier molecular flexibility index (Phi) is 8.43. The molecule has 1 saturated heterocycles. The number of amides is 1. The molecule has 0 spiro atoms. The second-order valence-electron chi connectivity index (χ2n) is 5.94. The van der Waals surface area contributed by atoms with E-state index in [4.69, 9.17) is 0 Å². The molecule has 1 fully saturated rings. The maximum Gasteiger partial charge on any atom is 0.277 e. The van der Waals surface area contributed by atoms with Crippen molar-refractivity contribution in [1.29, 1.82) is 0 Å². The number of nitrogens with one attached hydrogen (secondary N) is 1. The van der Waals surface area contributed by atoms with Gasteiger partial charge in [-0.15, -0.1) is 17.3 Å². The van der Waals surface area contributed by atoms with Crippen LogP contribution in [0.15, 0.2) is 47.0 Å². The number of aliphatic hydroxyl groups excluding tert-OH is 1. The van der Waals surface area contributed by atoms with E-state index in [-0.39, 0.29) is 18.2 Å². The third-order valence-corrected chi connectivity index (χ3v) is 4.16. The summed E-state index contributed by atoms with van der Waals surface area (Å²) in [4.78, 5) is 24.7. The molecule has 1 aliphatic heterocycles. The van der Waals surface area contributed by atoms with Gasteiger partial charge in [-0.25, -0.2) is 0 Å². The molecule has 2 rings (SSSR count). The third-order valence-electron chi connectivity index (χ3n) is 4.16. The summed E-state index contributed by atoms with van der Waals surface area (Å²) in [6.07, 6.45) is 2.00. The fraction of sp³-hybridized carbons (Fsp3) is 0.471. The highest BCUT2D eigenvalue weighted by molar-refractivity contribution is 5.93. The second-order valence-corrected chi connectivity index (χ2v) is 5.94. The van der Waals surface area contributed by atoms with Crippen molar-refractivity contribution < 1.29 is 9.90 Å². The molecule has 6 nitrogen and oxygen atoms in total. The Morgan fingerprint density at radius 3 is 2.46 bits per heavy atom. The lowest BCUT2D eigenvalue weighted by atomic mass is 9.96. The van der Waals surface area contributed by atoms with Crippen molar-refractivity contribution in [1.82, 2.24) is 10.2 Å². The van der Waals surface area contributed by atoms with Crippen LogP contribution in [0.1, 0.15) is 25.3 Å². The molecule has 0 aromatic heterocycles. The van der Waals surface area contributed by atoms with Crippen molar-refractivity contribution in [2.24, 2.45) is 11.1 Å². The quantitative estimate of drug-likeness (QED) is 0.468. The maximum absolute atomic E-state index is 11.7. The summed E-state index contributed by atoms with van der Waals surface area (Å²) in [5.41, 5.74) is 0.871. The van der Waals surface area contributed by atoms with E-state index in [2.05, 4.69) is 27.5 Å². The van der Waals surface area contributed by atoms with E-state index < -0.39 is 11.6 Å². The number of piperidine rings is 1. The first-order chi connectivity index (χ1) is 11.1. The van der Waals surface area contributed by atoms with Crippen LogP contribution in [-0.2, 0) is 11.3 Å². The molecule has 24 heavy (non-hydrogen) atoms. The Bertz CT molecular complexity index is 566. The highest BCUT2D eigenvalue weighted by Gasteiger charge is 2.21. The molecule has 0 radical (unpaired) electrons. The lowest BCUT2D eigenvalue weighted by molar-refractivity contribution is -0.118. The zero-order valence-electron chi connectivity index (χ0n) is 13.8. The molecule has 0 saturated carbocycles. The predicted molar refractivity (Wildman–Crippen MR) is 95.8 cm³/mol. The largest absolute Gasteiger partial charge is 0.510 e. The first kappa shape index (κ1) is 20.1. The van der Waals surface area contributed by atoms with Crippen LogP contribution in [-0.4, -0.2) is 35.5 Å². The molecule has 0 bridgehead atoms. The number of halogens is 1. The van der Waals surface area contributed by atoms with Crippen LogP contribution < -0.4 is 5.32 Å². The van der Waals surface area contributed by atoms with E-state index >= 15 is 0 Å². The normalized spacial score (nSPS) is 16.7. The highest BCUT2D eigenvalue weighted by atomic mass is 35.5. The minimum absolute atomic E-state index is 0. The van der Waals surface area contributed by atoms with Gasteiger partial charge in [0.1, 0.15) is 5.76 Å². The number of hydrogen-bond acceptors (Lipinski definition) is 5. The van der Waals surface area contributed by atoms with Crippen LogP contribution in [0.3, 0.4) is 0 Å². The molecular formula is C17H24ClN3O3. The van der Waals surface area contributed by atoms with E-state index in [0.29, 0.717) is 12.5 Å². The van der Waals surface area contributed by atoms with Gasteiger partial charge in [0.15, 0.2) is 0 Å². The average molecular weight is 354 g/mol. The van der Waals surface area contributed by atoms with Crippen molar-refractivity contribution >= 4 is 18.3 Å². The molecule has 0 unspecified atom stereocenters. The van der Waals surface area contributed by atoms with Gasteiger partial charge in [0.2, 0.25) is 5.70 Å². The Balaban J connectivity index is 0.00000288. The molecule has 1 aromatic rings. The first-order valence-electron chi connectivity index (χ1n) is 7.88. The standard InChI is InChI=1S/C17H23N3O3.ClH/c1-13(21)16(19-23)17(22)18-11-14-7-9-20(10-8-14)12-15-5-3-2-4-6-15;/h2-6,14,21H,7-12H2,1H3,(H,18,22);1H. The molecule has 0 aliphatic carbocycles. The van der Waals surface area contributed by atoms with Gasteiger partial charge in [-0.3, -0.25) is 9.69 Å². The van der Waals surface area contributed by atoms with Gasteiger partial charge in [0, 0.05) is 13.1 Å². The van der Waals surface area contributed by atoms with Crippen molar-refractivity contribution in [2.75, 3.05) is 19.6 Å². The Morgan fingerprint density at radius 1 is 1.29 bits per heavy atom. The summed E-state index contributed by atoms with van der Waals surface area (Å²) in [5.74, 6) is -0.570. The monoisotopic (exact) mass is 353 g/mol. The van der Waals surface area contributed by atoms with Crippen LogP contribution in [0.5, 0.6) is 0 Å². The van der Waals surface area contributed by atoms with Gasteiger partial charge < -0.3 is 10.4 Å².